The van der Waals surface area contributed by atoms with E-state index < -0.39 is 27.0 Å². The molecule has 1 aromatic rings. The molecule has 0 bridgehead atoms. The molecule has 1 heterocycles. The first kappa shape index (κ1) is 14.4. The summed E-state index contributed by atoms with van der Waals surface area (Å²) in [6.07, 6.45) is -4.04. The van der Waals surface area contributed by atoms with Crippen molar-refractivity contribution in [3.8, 4) is 5.75 Å². The number of hydrogen-bond donors (Lipinski definition) is 1. The van der Waals surface area contributed by atoms with Crippen LogP contribution in [0.2, 0.25) is 0 Å². The highest BCUT2D eigenvalue weighted by Gasteiger charge is 2.34. The Morgan fingerprint density at radius 3 is 2.41 bits per heavy atom. The lowest BCUT2D eigenvalue weighted by atomic mass is 10.3. The lowest BCUT2D eigenvalue weighted by Gasteiger charge is -2.14. The lowest BCUT2D eigenvalue weighted by molar-refractivity contribution is -0.275. The zero-order valence-corrected chi connectivity index (χ0v) is 11.2. The zero-order chi connectivity index (χ0) is 13.4. The molecule has 0 aliphatic heterocycles. The number of nitrogens with zero attached hydrogens (tertiary/aromatic N) is 1. The minimum atomic E-state index is -4.93. The number of pyridine rings is 1. The van der Waals surface area contributed by atoms with Crippen molar-refractivity contribution in [2.24, 2.45) is 5.14 Å². The first-order valence-corrected chi connectivity index (χ1v) is 6.58. The number of primary sulfonamides is 1. The van der Waals surface area contributed by atoms with Crippen LogP contribution >= 0.6 is 22.6 Å². The molecule has 0 aliphatic carbocycles. The summed E-state index contributed by atoms with van der Waals surface area (Å²) in [7, 11) is -4.14. The maximum Gasteiger partial charge on any atom is 0.573 e. The number of aromatic nitrogens is 1. The molecule has 5 nitrogen and oxygen atoms in total. The van der Waals surface area contributed by atoms with Crippen LogP contribution < -0.4 is 9.88 Å². The van der Waals surface area contributed by atoms with Gasteiger partial charge in [-0.05, 0) is 29.5 Å². The topological polar surface area (TPSA) is 82.3 Å². The fourth-order valence-corrected chi connectivity index (χ4v) is 2.43. The second-order valence-corrected chi connectivity index (χ2v) is 5.51. The first-order valence-electron chi connectivity index (χ1n) is 3.96. The maximum atomic E-state index is 12.1. The van der Waals surface area contributed by atoms with Gasteiger partial charge in [-0.1, -0.05) is 0 Å². The van der Waals surface area contributed by atoms with Crippen LogP contribution in [0.15, 0.2) is 11.1 Å². The fraction of sp³-hybridized carbons (Fsp3) is 0.286. The molecule has 17 heavy (non-hydrogen) atoms. The van der Waals surface area contributed by atoms with Crippen LogP contribution in [0.25, 0.3) is 0 Å². The summed E-state index contributed by atoms with van der Waals surface area (Å²) in [5, 5.41) is 4.83. The van der Waals surface area contributed by atoms with Gasteiger partial charge in [-0.15, -0.1) is 13.2 Å². The number of alkyl halides is 3. The van der Waals surface area contributed by atoms with E-state index in [-0.39, 0.29) is 9.26 Å². The summed E-state index contributed by atoms with van der Waals surface area (Å²) < 4.78 is 62.1. The van der Waals surface area contributed by atoms with Gasteiger partial charge in [0.05, 0.1) is 0 Å². The SMILES string of the molecule is Cc1c(S(N)(=O)=O)cnc(I)c1OC(F)(F)F. The van der Waals surface area contributed by atoms with Crippen molar-refractivity contribution in [2.75, 3.05) is 0 Å². The number of sulfonamides is 1. The van der Waals surface area contributed by atoms with Crippen molar-refractivity contribution in [2.45, 2.75) is 18.2 Å². The van der Waals surface area contributed by atoms with Gasteiger partial charge in [-0.3, -0.25) is 0 Å². The van der Waals surface area contributed by atoms with Crippen molar-refractivity contribution >= 4 is 32.6 Å². The number of nitrogens with two attached hydrogens (primary N) is 1. The highest BCUT2D eigenvalue weighted by molar-refractivity contribution is 14.1. The Morgan fingerprint density at radius 1 is 1.47 bits per heavy atom. The molecule has 1 aromatic heterocycles. The van der Waals surface area contributed by atoms with Gasteiger partial charge >= 0.3 is 6.36 Å². The lowest BCUT2D eigenvalue weighted by Crippen LogP contribution is -2.21. The van der Waals surface area contributed by atoms with E-state index in [2.05, 4.69) is 9.72 Å². The van der Waals surface area contributed by atoms with E-state index in [1.807, 2.05) is 0 Å². The van der Waals surface area contributed by atoms with Crippen molar-refractivity contribution in [3.05, 3.63) is 15.5 Å². The minimum absolute atomic E-state index is 0.107. The van der Waals surface area contributed by atoms with Gasteiger partial charge < -0.3 is 4.74 Å². The largest absolute Gasteiger partial charge is 0.573 e. The van der Waals surface area contributed by atoms with E-state index in [9.17, 15) is 21.6 Å². The average molecular weight is 382 g/mol. The normalized spacial score (nSPS) is 12.6. The fourth-order valence-electron chi connectivity index (χ4n) is 1.06. The van der Waals surface area contributed by atoms with E-state index in [0.29, 0.717) is 0 Å². The standard InChI is InChI=1S/C7H6F3IN2O3S/c1-3-4(17(12,14)15)2-13-6(11)5(3)16-7(8,9)10/h2H,1H3,(H2,12,14,15). The molecule has 0 aliphatic rings. The van der Waals surface area contributed by atoms with Gasteiger partial charge in [-0.2, -0.15) is 0 Å². The molecule has 1 rings (SSSR count). The van der Waals surface area contributed by atoms with E-state index in [0.717, 1.165) is 13.1 Å². The third kappa shape index (κ3) is 3.67. The summed E-state index contributed by atoms with van der Waals surface area (Å²) in [6.45, 7) is 1.16. The first-order chi connectivity index (χ1) is 7.52. The van der Waals surface area contributed by atoms with Crippen molar-refractivity contribution in [1.29, 1.82) is 0 Å². The number of halogens is 4. The molecule has 0 radical (unpaired) electrons. The number of rotatable bonds is 2. The van der Waals surface area contributed by atoms with Crippen LogP contribution in [0.3, 0.4) is 0 Å². The van der Waals surface area contributed by atoms with Crippen LogP contribution in [-0.4, -0.2) is 19.8 Å². The van der Waals surface area contributed by atoms with Gasteiger partial charge in [0, 0.05) is 11.8 Å². The molecular weight excluding hydrogens is 376 g/mol. The third-order valence-electron chi connectivity index (χ3n) is 1.72. The summed E-state index contributed by atoms with van der Waals surface area (Å²) >= 11 is 1.50. The molecule has 0 unspecified atom stereocenters. The summed E-state index contributed by atoms with van der Waals surface area (Å²) in [6, 6.07) is 0. The van der Waals surface area contributed by atoms with E-state index in [1.165, 1.54) is 22.6 Å². The van der Waals surface area contributed by atoms with Crippen molar-refractivity contribution in [3.63, 3.8) is 0 Å². The predicted octanol–water partition coefficient (Wildman–Crippen LogP) is 1.54. The molecule has 0 fully saturated rings. The highest BCUT2D eigenvalue weighted by Crippen LogP contribution is 2.32. The Hall–Kier alpha value is -0.620. The molecule has 0 atom stereocenters. The Bertz CT molecular complexity index is 544. The van der Waals surface area contributed by atoms with Crippen LogP contribution in [0.1, 0.15) is 5.56 Å². The maximum absolute atomic E-state index is 12.1. The highest BCUT2D eigenvalue weighted by atomic mass is 127. The molecule has 0 spiro atoms. The molecule has 2 N–H and O–H groups in total. The molecule has 0 aromatic carbocycles. The average Bonchev–Trinajstić information content (AvgIpc) is 2.08. The Balaban J connectivity index is 3.41. The summed E-state index contributed by atoms with van der Waals surface area (Å²) in [5.74, 6) is -0.662. The molecule has 0 saturated heterocycles. The third-order valence-corrected chi connectivity index (χ3v) is 3.51. The van der Waals surface area contributed by atoms with Gasteiger partial charge in [0.15, 0.2) is 5.75 Å². The van der Waals surface area contributed by atoms with Gasteiger partial charge in [0.1, 0.15) is 8.60 Å². The molecule has 96 valence electrons. The van der Waals surface area contributed by atoms with E-state index in [4.69, 9.17) is 5.14 Å². The van der Waals surface area contributed by atoms with Crippen LogP contribution in [0.5, 0.6) is 5.75 Å². The quantitative estimate of drug-likeness (QED) is 0.622. The summed E-state index contributed by atoms with van der Waals surface area (Å²) in [4.78, 5) is 2.99. The predicted molar refractivity (Wildman–Crippen MR) is 59.7 cm³/mol. The number of hydrogen-bond acceptors (Lipinski definition) is 4. The molecule has 0 amide bonds. The van der Waals surface area contributed by atoms with Crippen molar-refractivity contribution in [1.82, 2.24) is 4.98 Å². The van der Waals surface area contributed by atoms with Crippen LogP contribution in [0.4, 0.5) is 13.2 Å². The Kier molecular flexibility index (Phi) is 3.88. The zero-order valence-electron chi connectivity index (χ0n) is 8.25. The summed E-state index contributed by atoms with van der Waals surface area (Å²) in [5.41, 5.74) is -0.232. The monoisotopic (exact) mass is 382 g/mol. The van der Waals surface area contributed by atoms with E-state index >= 15 is 0 Å². The molecular formula is C7H6F3IN2O3S. The van der Waals surface area contributed by atoms with Crippen LogP contribution in [0, 0.1) is 10.6 Å². The van der Waals surface area contributed by atoms with Gasteiger partial charge in [-0.25, -0.2) is 18.5 Å². The smallest absolute Gasteiger partial charge is 0.403 e. The second kappa shape index (κ2) is 4.57. The second-order valence-electron chi connectivity index (χ2n) is 2.96. The molecule has 0 saturated carbocycles. The minimum Gasteiger partial charge on any atom is -0.403 e. The Morgan fingerprint density at radius 2 is 2.00 bits per heavy atom. The van der Waals surface area contributed by atoms with Crippen molar-refractivity contribution < 1.29 is 26.3 Å². The molecule has 10 heteroatoms. The van der Waals surface area contributed by atoms with Crippen LogP contribution in [-0.2, 0) is 10.0 Å². The van der Waals surface area contributed by atoms with Gasteiger partial charge in [0.25, 0.3) is 0 Å². The number of ether oxygens (including phenoxy) is 1. The van der Waals surface area contributed by atoms with E-state index in [1.54, 1.807) is 0 Å². The van der Waals surface area contributed by atoms with Gasteiger partial charge in [0.2, 0.25) is 10.0 Å². The Labute approximate surface area is 108 Å².